The fraction of sp³-hybridized carbons (Fsp3) is 0.786. The largest absolute Gasteiger partial charge is 0.356 e. The molecule has 0 atom stereocenters. The lowest BCUT2D eigenvalue weighted by Crippen LogP contribution is -2.19. The van der Waals surface area contributed by atoms with Crippen molar-refractivity contribution in [1.82, 2.24) is 9.55 Å². The Morgan fingerprint density at radius 1 is 1.29 bits per heavy atom. The van der Waals surface area contributed by atoms with Crippen LogP contribution in [0.5, 0.6) is 0 Å². The van der Waals surface area contributed by atoms with Crippen molar-refractivity contribution in [3.05, 3.63) is 12.4 Å². The van der Waals surface area contributed by atoms with Gasteiger partial charge in [-0.2, -0.15) is 0 Å². The summed E-state index contributed by atoms with van der Waals surface area (Å²) in [7, 11) is 0. The first-order chi connectivity index (χ1) is 8.35. The number of hydrogen-bond donors (Lipinski definition) is 1. The standard InChI is InChI=1S/C14H25N3/c1-3-9-15-14-16-10-11-17(14)13-7-5-12(4-2)6-8-13/h10-13H,3-9H2,1-2H3,(H,15,16). The van der Waals surface area contributed by atoms with E-state index in [4.69, 9.17) is 0 Å². The molecule has 0 aliphatic heterocycles. The number of nitrogens with zero attached hydrogens (tertiary/aromatic N) is 2. The van der Waals surface area contributed by atoms with Crippen LogP contribution < -0.4 is 5.32 Å². The third-order valence-corrected chi connectivity index (χ3v) is 3.99. The third kappa shape index (κ3) is 3.02. The van der Waals surface area contributed by atoms with Crippen molar-refractivity contribution in [2.24, 2.45) is 5.92 Å². The zero-order valence-electron chi connectivity index (χ0n) is 11.2. The first kappa shape index (κ1) is 12.5. The van der Waals surface area contributed by atoms with Gasteiger partial charge >= 0.3 is 0 Å². The Kier molecular flexibility index (Phi) is 4.46. The fourth-order valence-electron chi connectivity index (χ4n) is 2.81. The zero-order chi connectivity index (χ0) is 12.1. The monoisotopic (exact) mass is 235 g/mol. The third-order valence-electron chi connectivity index (χ3n) is 3.99. The van der Waals surface area contributed by atoms with Crippen LogP contribution in [-0.2, 0) is 0 Å². The molecular weight excluding hydrogens is 210 g/mol. The first-order valence-corrected chi connectivity index (χ1v) is 7.11. The maximum atomic E-state index is 4.42. The molecule has 0 spiro atoms. The molecule has 1 aromatic heterocycles. The summed E-state index contributed by atoms with van der Waals surface area (Å²) in [5, 5.41) is 3.42. The Labute approximate surface area is 105 Å². The van der Waals surface area contributed by atoms with E-state index in [1.54, 1.807) is 0 Å². The van der Waals surface area contributed by atoms with E-state index in [2.05, 4.69) is 34.9 Å². The van der Waals surface area contributed by atoms with Gasteiger partial charge in [0.15, 0.2) is 0 Å². The summed E-state index contributed by atoms with van der Waals surface area (Å²) in [6.45, 7) is 5.52. The number of hydrogen-bond acceptors (Lipinski definition) is 2. The van der Waals surface area contributed by atoms with Gasteiger partial charge in [0.1, 0.15) is 0 Å². The highest BCUT2D eigenvalue weighted by atomic mass is 15.2. The fourth-order valence-corrected chi connectivity index (χ4v) is 2.81. The molecule has 1 fully saturated rings. The summed E-state index contributed by atoms with van der Waals surface area (Å²) >= 11 is 0. The van der Waals surface area contributed by atoms with Crippen molar-refractivity contribution in [3.63, 3.8) is 0 Å². The minimum absolute atomic E-state index is 0.666. The maximum Gasteiger partial charge on any atom is 0.203 e. The highest BCUT2D eigenvalue weighted by Gasteiger charge is 2.22. The Morgan fingerprint density at radius 3 is 2.71 bits per heavy atom. The molecule has 1 aliphatic carbocycles. The molecule has 96 valence electrons. The summed E-state index contributed by atoms with van der Waals surface area (Å²) in [4.78, 5) is 4.42. The summed E-state index contributed by atoms with van der Waals surface area (Å²) in [6.07, 6.45) is 11.9. The minimum Gasteiger partial charge on any atom is -0.356 e. The van der Waals surface area contributed by atoms with Crippen LogP contribution in [0.4, 0.5) is 5.95 Å². The van der Waals surface area contributed by atoms with Crippen molar-refractivity contribution in [2.45, 2.75) is 58.4 Å². The molecule has 0 aromatic carbocycles. The van der Waals surface area contributed by atoms with Gasteiger partial charge in [0.25, 0.3) is 0 Å². The van der Waals surface area contributed by atoms with Crippen LogP contribution in [0.2, 0.25) is 0 Å². The number of anilines is 1. The van der Waals surface area contributed by atoms with E-state index in [0.717, 1.165) is 24.8 Å². The molecular formula is C14H25N3. The van der Waals surface area contributed by atoms with Crippen LogP contribution in [0, 0.1) is 5.92 Å². The number of imidazole rings is 1. The molecule has 3 nitrogen and oxygen atoms in total. The first-order valence-electron chi connectivity index (χ1n) is 7.11. The minimum atomic E-state index is 0.666. The van der Waals surface area contributed by atoms with Gasteiger partial charge in [0, 0.05) is 25.0 Å². The quantitative estimate of drug-likeness (QED) is 0.840. The lowest BCUT2D eigenvalue weighted by Gasteiger charge is -2.29. The molecule has 1 aliphatic rings. The average molecular weight is 235 g/mol. The van der Waals surface area contributed by atoms with Gasteiger partial charge in [-0.1, -0.05) is 20.3 Å². The molecule has 0 radical (unpaired) electrons. The van der Waals surface area contributed by atoms with Crippen LogP contribution in [0.1, 0.15) is 58.4 Å². The van der Waals surface area contributed by atoms with E-state index in [-0.39, 0.29) is 0 Å². The summed E-state index contributed by atoms with van der Waals surface area (Å²) < 4.78 is 2.35. The van der Waals surface area contributed by atoms with Crippen molar-refractivity contribution >= 4 is 5.95 Å². The molecule has 0 bridgehead atoms. The SMILES string of the molecule is CCCNc1nccn1C1CCC(CC)CC1. The van der Waals surface area contributed by atoms with Gasteiger partial charge in [-0.15, -0.1) is 0 Å². The highest BCUT2D eigenvalue weighted by Crippen LogP contribution is 2.34. The number of nitrogens with one attached hydrogen (secondary N) is 1. The lowest BCUT2D eigenvalue weighted by molar-refractivity contribution is 0.271. The predicted octanol–water partition coefficient (Wildman–Crippen LogP) is 3.85. The van der Waals surface area contributed by atoms with Crippen molar-refractivity contribution in [1.29, 1.82) is 0 Å². The maximum absolute atomic E-state index is 4.42. The van der Waals surface area contributed by atoms with E-state index in [9.17, 15) is 0 Å². The van der Waals surface area contributed by atoms with Gasteiger partial charge in [-0.25, -0.2) is 4.98 Å². The van der Waals surface area contributed by atoms with E-state index in [1.165, 1.54) is 32.1 Å². The molecule has 0 amide bonds. The number of aromatic nitrogens is 2. The van der Waals surface area contributed by atoms with E-state index in [0.29, 0.717) is 6.04 Å². The zero-order valence-corrected chi connectivity index (χ0v) is 11.2. The highest BCUT2D eigenvalue weighted by molar-refractivity contribution is 5.26. The van der Waals surface area contributed by atoms with E-state index < -0.39 is 0 Å². The van der Waals surface area contributed by atoms with Crippen molar-refractivity contribution in [3.8, 4) is 0 Å². The molecule has 1 heterocycles. The predicted molar refractivity (Wildman–Crippen MR) is 72.3 cm³/mol. The van der Waals surface area contributed by atoms with Crippen LogP contribution in [0.3, 0.4) is 0 Å². The van der Waals surface area contributed by atoms with Crippen LogP contribution in [-0.4, -0.2) is 16.1 Å². The van der Waals surface area contributed by atoms with Gasteiger partial charge < -0.3 is 9.88 Å². The Hall–Kier alpha value is -0.990. The second-order valence-electron chi connectivity index (χ2n) is 5.17. The molecule has 1 aromatic rings. The van der Waals surface area contributed by atoms with E-state index in [1.807, 2.05) is 6.20 Å². The normalized spacial score (nSPS) is 24.8. The molecule has 1 N–H and O–H groups in total. The summed E-state index contributed by atoms with van der Waals surface area (Å²) in [5.74, 6) is 2.02. The topological polar surface area (TPSA) is 29.9 Å². The van der Waals surface area contributed by atoms with Crippen LogP contribution >= 0.6 is 0 Å². The van der Waals surface area contributed by atoms with Gasteiger partial charge in [0.2, 0.25) is 5.95 Å². The van der Waals surface area contributed by atoms with Crippen LogP contribution in [0.25, 0.3) is 0 Å². The summed E-state index contributed by atoms with van der Waals surface area (Å²) in [5.41, 5.74) is 0. The Morgan fingerprint density at radius 2 is 2.06 bits per heavy atom. The second kappa shape index (κ2) is 6.08. The van der Waals surface area contributed by atoms with Gasteiger partial charge in [-0.3, -0.25) is 0 Å². The van der Waals surface area contributed by atoms with Gasteiger partial charge in [-0.05, 0) is 38.0 Å². The molecule has 17 heavy (non-hydrogen) atoms. The molecule has 0 unspecified atom stereocenters. The molecule has 0 saturated heterocycles. The lowest BCUT2D eigenvalue weighted by atomic mass is 9.84. The Balaban J connectivity index is 1.95. The molecule has 3 heteroatoms. The molecule has 2 rings (SSSR count). The second-order valence-corrected chi connectivity index (χ2v) is 5.17. The van der Waals surface area contributed by atoms with Gasteiger partial charge in [0.05, 0.1) is 0 Å². The van der Waals surface area contributed by atoms with E-state index >= 15 is 0 Å². The average Bonchev–Trinajstić information content (AvgIpc) is 2.84. The number of rotatable bonds is 5. The Bertz CT molecular complexity index is 324. The smallest absolute Gasteiger partial charge is 0.203 e. The molecule has 1 saturated carbocycles. The van der Waals surface area contributed by atoms with Crippen LogP contribution in [0.15, 0.2) is 12.4 Å². The summed E-state index contributed by atoms with van der Waals surface area (Å²) in [6, 6.07) is 0.666. The van der Waals surface area contributed by atoms with Crippen molar-refractivity contribution in [2.75, 3.05) is 11.9 Å². The van der Waals surface area contributed by atoms with Crippen molar-refractivity contribution < 1.29 is 0 Å².